The van der Waals surface area contributed by atoms with Gasteiger partial charge in [-0.15, -0.1) is 0 Å². The molecule has 108 valence electrons. The highest BCUT2D eigenvalue weighted by atomic mass is 16.5. The lowest BCUT2D eigenvalue weighted by molar-refractivity contribution is 0.0902. The number of benzene rings is 1. The van der Waals surface area contributed by atoms with Crippen LogP contribution in [0.25, 0.3) is 10.9 Å². The minimum Gasteiger partial charge on any atom is -0.359 e. The van der Waals surface area contributed by atoms with Crippen LogP contribution in [0.5, 0.6) is 0 Å². The molecule has 21 heavy (non-hydrogen) atoms. The van der Waals surface area contributed by atoms with Crippen LogP contribution in [0.3, 0.4) is 0 Å². The lowest BCUT2D eigenvalue weighted by Crippen LogP contribution is -2.26. The van der Waals surface area contributed by atoms with E-state index < -0.39 is 0 Å². The molecule has 5 nitrogen and oxygen atoms in total. The number of H-pyrrole nitrogens is 1. The van der Waals surface area contributed by atoms with Crippen LogP contribution in [-0.2, 0) is 0 Å². The first-order valence-corrected chi connectivity index (χ1v) is 6.86. The number of hydrogen-bond acceptors (Lipinski definition) is 3. The molecular weight excluding hydrogens is 266 g/mol. The van der Waals surface area contributed by atoms with Gasteiger partial charge in [-0.3, -0.25) is 4.79 Å². The number of hydrogen-bond donors (Lipinski definition) is 2. The van der Waals surface area contributed by atoms with Gasteiger partial charge in [0.05, 0.1) is 11.7 Å². The first-order valence-electron chi connectivity index (χ1n) is 6.86. The summed E-state index contributed by atoms with van der Waals surface area (Å²) in [7, 11) is 0. The third kappa shape index (κ3) is 2.67. The molecule has 1 aromatic carbocycles. The summed E-state index contributed by atoms with van der Waals surface area (Å²) < 4.78 is 4.97. The van der Waals surface area contributed by atoms with Gasteiger partial charge in [-0.25, -0.2) is 0 Å². The molecule has 2 heterocycles. The van der Waals surface area contributed by atoms with Crippen LogP contribution in [0.1, 0.15) is 40.5 Å². The number of nitrogens with one attached hydrogen (secondary N) is 2. The van der Waals surface area contributed by atoms with Gasteiger partial charge in [0.1, 0.15) is 0 Å². The highest BCUT2D eigenvalue weighted by molar-refractivity contribution is 5.91. The van der Waals surface area contributed by atoms with Crippen LogP contribution < -0.4 is 5.32 Å². The molecule has 3 aromatic rings. The number of aryl methyl sites for hydroxylation is 2. The van der Waals surface area contributed by atoms with Crippen molar-refractivity contribution in [3.63, 3.8) is 0 Å². The van der Waals surface area contributed by atoms with Crippen molar-refractivity contribution in [3.05, 3.63) is 53.0 Å². The second-order valence-electron chi connectivity index (χ2n) is 5.33. The highest BCUT2D eigenvalue weighted by Crippen LogP contribution is 2.21. The largest absolute Gasteiger partial charge is 0.359 e. The molecule has 0 saturated carbocycles. The van der Waals surface area contributed by atoms with Crippen molar-refractivity contribution in [1.29, 1.82) is 0 Å². The Morgan fingerprint density at radius 1 is 1.29 bits per heavy atom. The maximum atomic E-state index is 12.1. The van der Waals surface area contributed by atoms with Gasteiger partial charge < -0.3 is 14.8 Å². The number of rotatable bonds is 3. The molecule has 0 spiro atoms. The van der Waals surface area contributed by atoms with Crippen LogP contribution >= 0.6 is 0 Å². The molecule has 0 fully saturated rings. The van der Waals surface area contributed by atoms with Crippen molar-refractivity contribution in [2.75, 3.05) is 0 Å². The first kappa shape index (κ1) is 13.4. The molecule has 5 heteroatoms. The molecule has 0 saturated heterocycles. The van der Waals surface area contributed by atoms with E-state index in [0.717, 1.165) is 22.2 Å². The number of nitrogens with zero attached hydrogens (tertiary/aromatic N) is 1. The Labute approximate surface area is 122 Å². The lowest BCUT2D eigenvalue weighted by atomic mass is 10.1. The first-order chi connectivity index (χ1) is 10.0. The molecule has 0 unspecified atom stereocenters. The van der Waals surface area contributed by atoms with Gasteiger partial charge in [-0.2, -0.15) is 0 Å². The van der Waals surface area contributed by atoms with Crippen molar-refractivity contribution < 1.29 is 9.32 Å². The molecule has 3 rings (SSSR count). The van der Waals surface area contributed by atoms with E-state index in [4.69, 9.17) is 4.52 Å². The summed E-state index contributed by atoms with van der Waals surface area (Å²) in [5, 5.41) is 7.78. The SMILES string of the molecule is Cc1cc(C(=O)N[C@H](C)c2ccc3[nH]c(C)cc3c2)on1. The van der Waals surface area contributed by atoms with Gasteiger partial charge in [-0.1, -0.05) is 11.2 Å². The van der Waals surface area contributed by atoms with Gasteiger partial charge in [0.25, 0.3) is 5.91 Å². The summed E-state index contributed by atoms with van der Waals surface area (Å²) in [5.74, 6) is -0.0219. The quantitative estimate of drug-likeness (QED) is 0.775. The fourth-order valence-corrected chi connectivity index (χ4v) is 2.39. The van der Waals surface area contributed by atoms with Crippen molar-refractivity contribution in [3.8, 4) is 0 Å². The Bertz CT molecular complexity index is 801. The van der Waals surface area contributed by atoms with E-state index in [2.05, 4.69) is 27.6 Å². The van der Waals surface area contributed by atoms with Gasteiger partial charge >= 0.3 is 0 Å². The molecule has 0 bridgehead atoms. The van der Waals surface area contributed by atoms with Crippen LogP contribution in [-0.4, -0.2) is 16.0 Å². The Balaban J connectivity index is 1.79. The van der Waals surface area contributed by atoms with Crippen molar-refractivity contribution in [1.82, 2.24) is 15.5 Å². The molecule has 0 aliphatic heterocycles. The predicted molar refractivity (Wildman–Crippen MR) is 80.2 cm³/mol. The summed E-state index contributed by atoms with van der Waals surface area (Å²) in [4.78, 5) is 15.3. The normalized spacial score (nSPS) is 12.5. The van der Waals surface area contributed by atoms with Crippen LogP contribution in [0, 0.1) is 13.8 Å². The average Bonchev–Trinajstić information content (AvgIpc) is 3.02. The van der Waals surface area contributed by atoms with Crippen molar-refractivity contribution in [2.24, 2.45) is 0 Å². The van der Waals surface area contributed by atoms with Crippen molar-refractivity contribution in [2.45, 2.75) is 26.8 Å². The van der Waals surface area contributed by atoms with Crippen molar-refractivity contribution >= 4 is 16.8 Å². The Kier molecular flexibility index (Phi) is 3.25. The summed E-state index contributed by atoms with van der Waals surface area (Å²) in [6.45, 7) is 5.75. The van der Waals surface area contributed by atoms with Gasteiger partial charge in [0, 0.05) is 17.3 Å². The van der Waals surface area contributed by atoms with E-state index in [1.54, 1.807) is 13.0 Å². The molecule has 1 amide bonds. The topological polar surface area (TPSA) is 70.9 Å². The molecule has 0 aliphatic carbocycles. The van der Waals surface area contributed by atoms with Crippen LogP contribution in [0.15, 0.2) is 34.9 Å². The second-order valence-corrected chi connectivity index (χ2v) is 5.33. The van der Waals surface area contributed by atoms with E-state index in [0.29, 0.717) is 5.69 Å². The monoisotopic (exact) mass is 283 g/mol. The summed E-state index contributed by atoms with van der Waals surface area (Å²) >= 11 is 0. The molecule has 0 aliphatic rings. The summed E-state index contributed by atoms with van der Waals surface area (Å²) in [5.41, 5.74) is 3.96. The molecular formula is C16H17N3O2. The summed E-state index contributed by atoms with van der Waals surface area (Å²) in [6.07, 6.45) is 0. The van der Waals surface area contributed by atoms with Gasteiger partial charge in [0.15, 0.2) is 0 Å². The molecule has 2 aromatic heterocycles. The van der Waals surface area contributed by atoms with Crippen LogP contribution in [0.2, 0.25) is 0 Å². The molecule has 0 radical (unpaired) electrons. The predicted octanol–water partition coefficient (Wildman–Crippen LogP) is 3.26. The number of fused-ring (bicyclic) bond motifs is 1. The second kappa shape index (κ2) is 5.09. The van der Waals surface area contributed by atoms with E-state index in [1.165, 1.54) is 0 Å². The number of amides is 1. The molecule has 1 atom stereocenters. The standard InChI is InChI=1S/C16H17N3O2/c1-9-6-13-8-12(4-5-14(13)17-9)11(3)18-16(20)15-7-10(2)19-21-15/h4-8,11,17H,1-3H3,(H,18,20)/t11-/m1/s1. The molecule has 2 N–H and O–H groups in total. The van der Waals surface area contributed by atoms with E-state index in [9.17, 15) is 4.79 Å². The zero-order chi connectivity index (χ0) is 15.0. The van der Waals surface area contributed by atoms with Gasteiger partial charge in [-0.05, 0) is 49.9 Å². The zero-order valence-corrected chi connectivity index (χ0v) is 12.2. The Hall–Kier alpha value is -2.56. The minimum absolute atomic E-state index is 0.109. The van der Waals surface area contributed by atoms with Crippen LogP contribution in [0.4, 0.5) is 0 Å². The number of carbonyl (C=O) groups is 1. The maximum Gasteiger partial charge on any atom is 0.290 e. The Morgan fingerprint density at radius 3 is 2.81 bits per heavy atom. The lowest BCUT2D eigenvalue weighted by Gasteiger charge is -2.13. The smallest absolute Gasteiger partial charge is 0.290 e. The average molecular weight is 283 g/mol. The van der Waals surface area contributed by atoms with E-state index in [-0.39, 0.29) is 17.7 Å². The minimum atomic E-state index is -0.256. The fourth-order valence-electron chi connectivity index (χ4n) is 2.39. The Morgan fingerprint density at radius 2 is 2.10 bits per heavy atom. The highest BCUT2D eigenvalue weighted by Gasteiger charge is 2.15. The maximum absolute atomic E-state index is 12.1. The number of carbonyl (C=O) groups excluding carboxylic acids is 1. The summed E-state index contributed by atoms with van der Waals surface area (Å²) in [6, 6.07) is 9.72. The van der Waals surface area contributed by atoms with Gasteiger partial charge in [0.2, 0.25) is 5.76 Å². The number of aromatic nitrogens is 2. The fraction of sp³-hybridized carbons (Fsp3) is 0.250. The zero-order valence-electron chi connectivity index (χ0n) is 12.2. The third-order valence-electron chi connectivity index (χ3n) is 3.48. The third-order valence-corrected chi connectivity index (χ3v) is 3.48. The van der Waals surface area contributed by atoms with E-state index >= 15 is 0 Å². The van der Waals surface area contributed by atoms with E-state index in [1.807, 2.05) is 26.0 Å². The number of aromatic amines is 1.